The summed E-state index contributed by atoms with van der Waals surface area (Å²) in [6.07, 6.45) is 1.88. The highest BCUT2D eigenvalue weighted by Gasteiger charge is 2.57. The third-order valence-corrected chi connectivity index (χ3v) is 5.36. The average molecular weight is 336 g/mol. The zero-order chi connectivity index (χ0) is 17.0. The molecular weight excluding hydrogens is 319 g/mol. The van der Waals surface area contributed by atoms with Crippen LogP contribution in [0.25, 0.3) is 22.0 Å². The SMILES string of the molecule is O=C(Nc1ccc(-c2c[nH]c3cc(F)ccc23)cc1)C1[C@H]2COC[C@@H]12. The van der Waals surface area contributed by atoms with Crippen LogP contribution in [0.15, 0.2) is 48.7 Å². The van der Waals surface area contributed by atoms with Gasteiger partial charge in [0.1, 0.15) is 5.82 Å². The standard InChI is InChI=1S/C20H17FN2O2/c21-12-3-6-14-15(8-22-18(14)7-12)11-1-4-13(5-2-11)23-20(24)19-16-9-25-10-17(16)19/h1-8,16-17,19,22H,9-10H2,(H,23,24)/t16-,17+,19?. The van der Waals surface area contributed by atoms with Gasteiger partial charge in [0.2, 0.25) is 5.91 Å². The number of aromatic nitrogens is 1. The van der Waals surface area contributed by atoms with Crippen molar-refractivity contribution >= 4 is 22.5 Å². The molecule has 2 aliphatic rings. The normalized spacial score (nSPS) is 24.3. The number of nitrogens with one attached hydrogen (secondary N) is 2. The van der Waals surface area contributed by atoms with Gasteiger partial charge in [0, 0.05) is 34.3 Å². The van der Waals surface area contributed by atoms with E-state index in [1.807, 2.05) is 30.5 Å². The van der Waals surface area contributed by atoms with E-state index in [4.69, 9.17) is 4.74 Å². The van der Waals surface area contributed by atoms with Crippen molar-refractivity contribution in [1.29, 1.82) is 0 Å². The summed E-state index contributed by atoms with van der Waals surface area (Å²) in [4.78, 5) is 15.4. The number of carbonyl (C=O) groups is 1. The summed E-state index contributed by atoms with van der Waals surface area (Å²) in [5.74, 6) is 0.761. The van der Waals surface area contributed by atoms with Crippen LogP contribution >= 0.6 is 0 Å². The molecule has 1 aliphatic carbocycles. The number of anilines is 1. The van der Waals surface area contributed by atoms with Gasteiger partial charge >= 0.3 is 0 Å². The minimum atomic E-state index is -0.255. The lowest BCUT2D eigenvalue weighted by atomic mass is 10.0. The summed E-state index contributed by atoms with van der Waals surface area (Å²) >= 11 is 0. The Morgan fingerprint density at radius 2 is 1.88 bits per heavy atom. The van der Waals surface area contributed by atoms with E-state index in [0.29, 0.717) is 25.0 Å². The van der Waals surface area contributed by atoms with Crippen LogP contribution in [0, 0.1) is 23.6 Å². The first kappa shape index (κ1) is 14.7. The van der Waals surface area contributed by atoms with Crippen molar-refractivity contribution in [2.45, 2.75) is 0 Å². The number of rotatable bonds is 3. The summed E-state index contributed by atoms with van der Waals surface area (Å²) in [7, 11) is 0. The summed E-state index contributed by atoms with van der Waals surface area (Å²) in [5.41, 5.74) is 3.61. The topological polar surface area (TPSA) is 54.1 Å². The number of amides is 1. The van der Waals surface area contributed by atoms with Gasteiger partial charge < -0.3 is 15.0 Å². The monoisotopic (exact) mass is 336 g/mol. The molecule has 2 N–H and O–H groups in total. The highest BCUT2D eigenvalue weighted by atomic mass is 19.1. The average Bonchev–Trinajstić information content (AvgIpc) is 2.96. The number of carbonyl (C=O) groups excluding carboxylic acids is 1. The number of hydrogen-bond acceptors (Lipinski definition) is 2. The Hall–Kier alpha value is -2.66. The minimum Gasteiger partial charge on any atom is -0.381 e. The molecule has 0 radical (unpaired) electrons. The smallest absolute Gasteiger partial charge is 0.228 e. The lowest BCUT2D eigenvalue weighted by Gasteiger charge is -2.08. The Labute approximate surface area is 144 Å². The Morgan fingerprint density at radius 3 is 2.64 bits per heavy atom. The molecule has 5 rings (SSSR count). The first-order chi connectivity index (χ1) is 12.2. The van der Waals surface area contributed by atoms with Crippen molar-refractivity contribution in [3.8, 4) is 11.1 Å². The molecule has 1 unspecified atom stereocenters. The predicted octanol–water partition coefficient (Wildman–Crippen LogP) is 3.80. The second kappa shape index (κ2) is 5.43. The van der Waals surface area contributed by atoms with E-state index in [1.54, 1.807) is 6.07 Å². The fourth-order valence-electron chi connectivity index (χ4n) is 3.92. The second-order valence-corrected chi connectivity index (χ2v) is 6.85. The maximum Gasteiger partial charge on any atom is 0.228 e. The molecule has 1 amide bonds. The summed E-state index contributed by atoms with van der Waals surface area (Å²) in [6.45, 7) is 1.42. The van der Waals surface area contributed by atoms with Crippen molar-refractivity contribution < 1.29 is 13.9 Å². The van der Waals surface area contributed by atoms with E-state index in [1.165, 1.54) is 12.1 Å². The molecule has 2 heterocycles. The van der Waals surface area contributed by atoms with Crippen LogP contribution < -0.4 is 5.32 Å². The van der Waals surface area contributed by atoms with E-state index in [0.717, 1.165) is 27.7 Å². The Kier molecular flexibility index (Phi) is 3.18. The Bertz CT molecular complexity index is 953. The lowest BCUT2D eigenvalue weighted by molar-refractivity contribution is -0.118. The van der Waals surface area contributed by atoms with Crippen LogP contribution in [0.5, 0.6) is 0 Å². The Morgan fingerprint density at radius 1 is 1.12 bits per heavy atom. The second-order valence-electron chi connectivity index (χ2n) is 6.85. The van der Waals surface area contributed by atoms with Crippen LogP contribution in [0.4, 0.5) is 10.1 Å². The minimum absolute atomic E-state index is 0.0913. The van der Waals surface area contributed by atoms with Gasteiger partial charge in [-0.2, -0.15) is 0 Å². The molecule has 3 atom stereocenters. The molecule has 2 aromatic carbocycles. The zero-order valence-electron chi connectivity index (χ0n) is 13.5. The number of H-pyrrole nitrogens is 1. The van der Waals surface area contributed by atoms with Crippen LogP contribution in [-0.2, 0) is 9.53 Å². The maximum atomic E-state index is 13.3. The van der Waals surface area contributed by atoms with Crippen LogP contribution in [0.2, 0.25) is 0 Å². The molecule has 126 valence electrons. The molecule has 1 saturated carbocycles. The third-order valence-electron chi connectivity index (χ3n) is 5.36. The van der Waals surface area contributed by atoms with Crippen molar-refractivity contribution in [2.75, 3.05) is 18.5 Å². The Balaban J connectivity index is 1.35. The van der Waals surface area contributed by atoms with Gasteiger partial charge in [0.25, 0.3) is 0 Å². The fraction of sp³-hybridized carbons (Fsp3) is 0.250. The van der Waals surface area contributed by atoms with E-state index in [2.05, 4.69) is 10.3 Å². The molecule has 5 heteroatoms. The molecule has 1 aromatic heterocycles. The van der Waals surface area contributed by atoms with Crippen molar-refractivity contribution in [3.05, 3.63) is 54.5 Å². The van der Waals surface area contributed by atoms with Crippen LogP contribution in [-0.4, -0.2) is 24.1 Å². The summed E-state index contributed by atoms with van der Waals surface area (Å²) in [5, 5.41) is 3.97. The van der Waals surface area contributed by atoms with Gasteiger partial charge in [-0.15, -0.1) is 0 Å². The molecular formula is C20H17FN2O2. The van der Waals surface area contributed by atoms with Crippen molar-refractivity contribution in [2.24, 2.45) is 17.8 Å². The predicted molar refractivity (Wildman–Crippen MR) is 93.6 cm³/mol. The molecule has 1 aliphatic heterocycles. The number of fused-ring (bicyclic) bond motifs is 2. The van der Waals surface area contributed by atoms with Crippen LogP contribution in [0.3, 0.4) is 0 Å². The molecule has 25 heavy (non-hydrogen) atoms. The number of ether oxygens (including phenoxy) is 1. The molecule has 3 aromatic rings. The van der Waals surface area contributed by atoms with Gasteiger partial charge in [-0.05, 0) is 47.7 Å². The lowest BCUT2D eigenvalue weighted by Crippen LogP contribution is -2.18. The van der Waals surface area contributed by atoms with E-state index in [-0.39, 0.29) is 17.6 Å². The number of hydrogen-bond donors (Lipinski definition) is 2. The number of aromatic amines is 1. The maximum absolute atomic E-state index is 13.3. The fourth-order valence-corrected chi connectivity index (χ4v) is 3.92. The molecule has 0 spiro atoms. The van der Waals surface area contributed by atoms with Crippen molar-refractivity contribution in [1.82, 2.24) is 4.98 Å². The number of halogens is 1. The van der Waals surface area contributed by atoms with Gasteiger partial charge in [-0.25, -0.2) is 4.39 Å². The molecule has 1 saturated heterocycles. The van der Waals surface area contributed by atoms with Gasteiger partial charge in [0.05, 0.1) is 13.2 Å². The third kappa shape index (κ3) is 2.43. The van der Waals surface area contributed by atoms with Gasteiger partial charge in [-0.1, -0.05) is 12.1 Å². The number of benzene rings is 2. The summed E-state index contributed by atoms with van der Waals surface area (Å²) in [6, 6.07) is 12.5. The first-order valence-corrected chi connectivity index (χ1v) is 8.46. The summed E-state index contributed by atoms with van der Waals surface area (Å²) < 4.78 is 18.6. The molecule has 4 nitrogen and oxygen atoms in total. The van der Waals surface area contributed by atoms with E-state index in [9.17, 15) is 9.18 Å². The molecule has 0 bridgehead atoms. The quantitative estimate of drug-likeness (QED) is 0.764. The first-order valence-electron chi connectivity index (χ1n) is 8.46. The van der Waals surface area contributed by atoms with E-state index >= 15 is 0 Å². The molecule has 2 fully saturated rings. The van der Waals surface area contributed by atoms with Gasteiger partial charge in [0.15, 0.2) is 0 Å². The largest absolute Gasteiger partial charge is 0.381 e. The zero-order valence-corrected chi connectivity index (χ0v) is 13.5. The van der Waals surface area contributed by atoms with E-state index < -0.39 is 0 Å². The van der Waals surface area contributed by atoms with Gasteiger partial charge in [-0.3, -0.25) is 4.79 Å². The van der Waals surface area contributed by atoms with Crippen LogP contribution in [0.1, 0.15) is 0 Å². The highest BCUT2D eigenvalue weighted by Crippen LogP contribution is 2.51. The highest BCUT2D eigenvalue weighted by molar-refractivity contribution is 5.97. The van der Waals surface area contributed by atoms with Crippen molar-refractivity contribution in [3.63, 3.8) is 0 Å².